The Morgan fingerprint density at radius 1 is 1.22 bits per heavy atom. The largest absolute Gasteiger partial charge is 0.465 e. The Morgan fingerprint density at radius 2 is 1.78 bits per heavy atom. The third kappa shape index (κ3) is 3.35. The molecule has 0 amide bonds. The smallest absolute Gasteiger partial charge is 0.403 e. The first-order valence-corrected chi connectivity index (χ1v) is 9.28. The Bertz CT molecular complexity index is 586. The summed E-state index contributed by atoms with van der Waals surface area (Å²) in [5.74, 6) is -4.62. The van der Waals surface area contributed by atoms with Crippen LogP contribution in [0.2, 0.25) is 0 Å². The summed E-state index contributed by atoms with van der Waals surface area (Å²) in [5, 5.41) is 0. The van der Waals surface area contributed by atoms with Crippen molar-refractivity contribution < 1.29 is 35.7 Å². The number of rotatable bonds is 5. The van der Waals surface area contributed by atoms with E-state index in [0.29, 0.717) is 17.8 Å². The first-order chi connectivity index (χ1) is 10.5. The van der Waals surface area contributed by atoms with Gasteiger partial charge in [-0.1, -0.05) is 0 Å². The molecule has 9 heteroatoms. The first kappa shape index (κ1) is 17.0. The molecular formula is C14H19F3O5S. The summed E-state index contributed by atoms with van der Waals surface area (Å²) in [6.07, 6.45) is -0.0893. The molecule has 4 bridgehead atoms. The summed E-state index contributed by atoms with van der Waals surface area (Å²) in [5.41, 5.74) is -0.225. The summed E-state index contributed by atoms with van der Waals surface area (Å²) in [7, 11) is -4.93. The van der Waals surface area contributed by atoms with E-state index in [0.717, 1.165) is 32.1 Å². The van der Waals surface area contributed by atoms with Gasteiger partial charge in [-0.2, -0.15) is 21.6 Å². The number of halogens is 3. The number of hydrogen-bond donors (Lipinski definition) is 1. The van der Waals surface area contributed by atoms with Crippen molar-refractivity contribution in [2.24, 2.45) is 29.1 Å². The van der Waals surface area contributed by atoms with Gasteiger partial charge in [0.05, 0.1) is 12.4 Å². The maximum atomic E-state index is 12.9. The van der Waals surface area contributed by atoms with E-state index in [9.17, 15) is 26.4 Å². The van der Waals surface area contributed by atoms with Crippen LogP contribution in [0.5, 0.6) is 0 Å². The minimum Gasteiger partial charge on any atom is -0.465 e. The predicted octanol–water partition coefficient (Wildman–Crippen LogP) is 2.42. The van der Waals surface area contributed by atoms with Crippen LogP contribution >= 0.6 is 0 Å². The molecule has 4 saturated carbocycles. The highest BCUT2D eigenvalue weighted by Gasteiger charge is 2.58. The van der Waals surface area contributed by atoms with Crippen molar-refractivity contribution in [1.82, 2.24) is 0 Å². The van der Waals surface area contributed by atoms with Crippen molar-refractivity contribution in [3.63, 3.8) is 0 Å². The molecule has 0 aromatic rings. The number of ether oxygens (including phenoxy) is 1. The number of carbonyl (C=O) groups excluding carboxylic acids is 1. The van der Waals surface area contributed by atoms with Crippen molar-refractivity contribution in [2.45, 2.75) is 38.3 Å². The third-order valence-corrected chi connectivity index (χ3v) is 6.47. The van der Waals surface area contributed by atoms with Crippen LogP contribution in [0.25, 0.3) is 0 Å². The molecular weight excluding hydrogens is 337 g/mol. The monoisotopic (exact) mass is 356 g/mol. The van der Waals surface area contributed by atoms with Gasteiger partial charge in [0.15, 0.2) is 5.92 Å². The molecule has 4 aliphatic carbocycles. The number of carbonyl (C=O) groups is 1. The normalized spacial score (nSPS) is 37.1. The Morgan fingerprint density at radius 3 is 2.26 bits per heavy atom. The van der Waals surface area contributed by atoms with Crippen molar-refractivity contribution in [3.05, 3.63) is 0 Å². The number of hydrogen-bond acceptors (Lipinski definition) is 4. The predicted molar refractivity (Wildman–Crippen MR) is 72.9 cm³/mol. The van der Waals surface area contributed by atoms with Crippen LogP contribution in [0.4, 0.5) is 13.2 Å². The van der Waals surface area contributed by atoms with Gasteiger partial charge >= 0.3 is 12.1 Å². The van der Waals surface area contributed by atoms with Gasteiger partial charge in [-0.05, 0) is 49.9 Å². The minimum atomic E-state index is -5.07. The van der Waals surface area contributed by atoms with Crippen LogP contribution in [0, 0.1) is 29.1 Å². The SMILES string of the molecule is O=C(OCC12CC3CC(CC1C3)C2)C(CS(=O)(=O)O)C(F)(F)F. The minimum absolute atomic E-state index is 0.0818. The summed E-state index contributed by atoms with van der Waals surface area (Å²) in [6.45, 7) is -0.0818. The van der Waals surface area contributed by atoms with Crippen molar-refractivity contribution in [1.29, 1.82) is 0 Å². The molecule has 0 aromatic carbocycles. The van der Waals surface area contributed by atoms with Crippen LogP contribution < -0.4 is 0 Å². The molecule has 0 spiro atoms. The van der Waals surface area contributed by atoms with Crippen LogP contribution in [-0.2, 0) is 19.6 Å². The van der Waals surface area contributed by atoms with E-state index in [1.807, 2.05) is 0 Å². The van der Waals surface area contributed by atoms with Crippen LogP contribution in [-0.4, -0.2) is 37.5 Å². The van der Waals surface area contributed by atoms with Gasteiger partial charge in [-0.15, -0.1) is 0 Å². The van der Waals surface area contributed by atoms with Crippen LogP contribution in [0.3, 0.4) is 0 Å². The molecule has 0 radical (unpaired) electrons. The standard InChI is InChI=1S/C14H19F3O5S/c15-14(16,17)11(6-23(19,20)21)12(18)22-7-13-4-8-1-9(5-13)3-10(13)2-8/h8-11H,1-7H2,(H,19,20,21). The zero-order valence-corrected chi connectivity index (χ0v) is 13.2. The Kier molecular flexibility index (Phi) is 3.95. The second-order valence-corrected chi connectivity index (χ2v) is 8.85. The van der Waals surface area contributed by atoms with Crippen molar-refractivity contribution in [3.8, 4) is 0 Å². The molecule has 0 saturated heterocycles. The van der Waals surface area contributed by atoms with Gasteiger partial charge in [0.1, 0.15) is 0 Å². The molecule has 3 unspecified atom stereocenters. The molecule has 4 fully saturated rings. The zero-order chi connectivity index (χ0) is 17.0. The maximum Gasteiger partial charge on any atom is 0.403 e. The van der Waals surface area contributed by atoms with E-state index in [2.05, 4.69) is 0 Å². The fourth-order valence-corrected chi connectivity index (χ4v) is 5.77. The third-order valence-electron chi connectivity index (χ3n) is 5.72. The van der Waals surface area contributed by atoms with Crippen LogP contribution in [0.15, 0.2) is 0 Å². The molecule has 0 heterocycles. The lowest BCUT2D eigenvalue weighted by Crippen LogP contribution is -2.39. The van der Waals surface area contributed by atoms with Crippen molar-refractivity contribution in [2.75, 3.05) is 12.4 Å². The zero-order valence-electron chi connectivity index (χ0n) is 12.4. The summed E-state index contributed by atoms with van der Waals surface area (Å²) < 4.78 is 73.6. The number of alkyl halides is 3. The van der Waals surface area contributed by atoms with E-state index < -0.39 is 33.9 Å². The number of esters is 1. The second-order valence-electron chi connectivity index (χ2n) is 7.36. The Balaban J connectivity index is 1.66. The second kappa shape index (κ2) is 5.34. The summed E-state index contributed by atoms with van der Waals surface area (Å²) in [6, 6.07) is 0. The fraction of sp³-hybridized carbons (Fsp3) is 0.929. The van der Waals surface area contributed by atoms with E-state index in [1.54, 1.807) is 0 Å². The Hall–Kier alpha value is -0.830. The molecule has 3 atom stereocenters. The van der Waals surface area contributed by atoms with E-state index in [1.165, 1.54) is 0 Å². The maximum absolute atomic E-state index is 12.9. The topological polar surface area (TPSA) is 80.7 Å². The molecule has 23 heavy (non-hydrogen) atoms. The summed E-state index contributed by atoms with van der Waals surface area (Å²) in [4.78, 5) is 11.8. The highest BCUT2D eigenvalue weighted by atomic mass is 32.2. The Labute approximate surface area is 132 Å². The average Bonchev–Trinajstić information content (AvgIpc) is 2.76. The van der Waals surface area contributed by atoms with E-state index >= 15 is 0 Å². The molecule has 0 aromatic heterocycles. The van der Waals surface area contributed by atoms with Crippen molar-refractivity contribution >= 4 is 16.1 Å². The highest BCUT2D eigenvalue weighted by Crippen LogP contribution is 2.65. The van der Waals surface area contributed by atoms with Gasteiger partial charge in [0.25, 0.3) is 10.1 Å². The molecule has 132 valence electrons. The van der Waals surface area contributed by atoms with Gasteiger partial charge in [-0.25, -0.2) is 0 Å². The van der Waals surface area contributed by atoms with Gasteiger partial charge in [-0.3, -0.25) is 9.35 Å². The van der Waals surface area contributed by atoms with Gasteiger partial charge < -0.3 is 4.74 Å². The van der Waals surface area contributed by atoms with Gasteiger partial charge in [0.2, 0.25) is 0 Å². The fourth-order valence-electron chi connectivity index (χ4n) is 5.02. The lowest BCUT2D eigenvalue weighted by Gasteiger charge is -2.32. The average molecular weight is 356 g/mol. The molecule has 4 aliphatic rings. The van der Waals surface area contributed by atoms with Gasteiger partial charge in [0, 0.05) is 5.41 Å². The lowest BCUT2D eigenvalue weighted by molar-refractivity contribution is -0.196. The molecule has 5 nitrogen and oxygen atoms in total. The summed E-state index contributed by atoms with van der Waals surface area (Å²) >= 11 is 0. The first-order valence-electron chi connectivity index (χ1n) is 7.67. The van der Waals surface area contributed by atoms with E-state index in [4.69, 9.17) is 9.29 Å². The van der Waals surface area contributed by atoms with Crippen LogP contribution in [0.1, 0.15) is 32.1 Å². The molecule has 4 rings (SSSR count). The lowest BCUT2D eigenvalue weighted by atomic mass is 9.76. The molecule has 0 aliphatic heterocycles. The van der Waals surface area contributed by atoms with E-state index in [-0.39, 0.29) is 12.0 Å². The molecule has 1 N–H and O–H groups in total. The quantitative estimate of drug-likeness (QED) is 0.604. The highest BCUT2D eigenvalue weighted by molar-refractivity contribution is 7.85.